The number of aromatic nitrogens is 1. The molecule has 1 saturated heterocycles. The highest BCUT2D eigenvalue weighted by Crippen LogP contribution is 2.27. The Morgan fingerprint density at radius 2 is 2.05 bits per heavy atom. The topological polar surface area (TPSA) is 29.3 Å². The molecule has 1 aromatic carbocycles. The molecule has 3 nitrogen and oxygen atoms in total. The second kappa shape index (κ2) is 6.66. The van der Waals surface area contributed by atoms with Crippen LogP contribution in [0.3, 0.4) is 0 Å². The molecular formula is C19H26N2O. The van der Waals surface area contributed by atoms with Gasteiger partial charge in [-0.2, -0.15) is 0 Å². The first-order valence-electron chi connectivity index (χ1n) is 8.45. The van der Waals surface area contributed by atoms with Crippen LogP contribution in [0.1, 0.15) is 49.6 Å². The third-order valence-corrected chi connectivity index (χ3v) is 4.84. The predicted molar refractivity (Wildman–Crippen MR) is 89.8 cm³/mol. The zero-order chi connectivity index (χ0) is 15.5. The van der Waals surface area contributed by atoms with Crippen LogP contribution in [0.4, 0.5) is 0 Å². The highest BCUT2D eigenvalue weighted by atomic mass is 16.4. The van der Waals surface area contributed by atoms with E-state index in [0.29, 0.717) is 6.04 Å². The Hall–Kier alpha value is -1.61. The van der Waals surface area contributed by atoms with Crippen LogP contribution in [0.25, 0.3) is 11.5 Å². The van der Waals surface area contributed by atoms with Crippen molar-refractivity contribution in [3.63, 3.8) is 0 Å². The minimum atomic E-state index is 0.701. The number of rotatable bonds is 4. The van der Waals surface area contributed by atoms with E-state index in [0.717, 1.165) is 29.5 Å². The van der Waals surface area contributed by atoms with Gasteiger partial charge in [0.2, 0.25) is 5.89 Å². The molecule has 0 amide bonds. The first-order chi connectivity index (χ1) is 10.7. The molecule has 1 aromatic heterocycles. The lowest BCUT2D eigenvalue weighted by Gasteiger charge is -2.34. The average molecular weight is 298 g/mol. The van der Waals surface area contributed by atoms with Crippen molar-refractivity contribution in [1.82, 2.24) is 9.88 Å². The van der Waals surface area contributed by atoms with Crippen molar-refractivity contribution in [2.24, 2.45) is 0 Å². The molecule has 22 heavy (non-hydrogen) atoms. The molecule has 1 fully saturated rings. The maximum atomic E-state index is 5.95. The summed E-state index contributed by atoms with van der Waals surface area (Å²) in [5, 5.41) is 0. The van der Waals surface area contributed by atoms with E-state index < -0.39 is 0 Å². The Morgan fingerprint density at radius 3 is 2.82 bits per heavy atom. The van der Waals surface area contributed by atoms with Gasteiger partial charge in [-0.1, -0.05) is 31.5 Å². The van der Waals surface area contributed by atoms with Gasteiger partial charge < -0.3 is 4.42 Å². The fourth-order valence-electron chi connectivity index (χ4n) is 3.43. The van der Waals surface area contributed by atoms with Crippen molar-refractivity contribution >= 4 is 0 Å². The first kappa shape index (κ1) is 15.3. The number of hydrogen-bond donors (Lipinski definition) is 0. The second-order valence-electron chi connectivity index (χ2n) is 6.37. The summed E-state index contributed by atoms with van der Waals surface area (Å²) in [7, 11) is 0. The summed E-state index contributed by atoms with van der Waals surface area (Å²) < 4.78 is 5.95. The zero-order valence-electron chi connectivity index (χ0n) is 13.9. The van der Waals surface area contributed by atoms with Gasteiger partial charge in [0.05, 0.1) is 5.69 Å². The maximum Gasteiger partial charge on any atom is 0.226 e. The molecule has 0 aliphatic carbocycles. The van der Waals surface area contributed by atoms with Crippen LogP contribution in [-0.2, 0) is 6.54 Å². The fraction of sp³-hybridized carbons (Fsp3) is 0.526. The summed E-state index contributed by atoms with van der Waals surface area (Å²) >= 11 is 0. The summed E-state index contributed by atoms with van der Waals surface area (Å²) in [6.45, 7) is 8.53. The van der Waals surface area contributed by atoms with Crippen molar-refractivity contribution in [3.05, 3.63) is 41.3 Å². The van der Waals surface area contributed by atoms with Gasteiger partial charge in [-0.05, 0) is 51.3 Å². The molecule has 0 spiro atoms. The van der Waals surface area contributed by atoms with E-state index in [1.807, 2.05) is 13.0 Å². The lowest BCUT2D eigenvalue weighted by atomic mass is 10.00. The van der Waals surface area contributed by atoms with Crippen LogP contribution < -0.4 is 0 Å². The number of likely N-dealkylation sites (tertiary alicyclic amines) is 1. The summed E-state index contributed by atoms with van der Waals surface area (Å²) in [6, 6.07) is 8.98. The fourth-order valence-corrected chi connectivity index (χ4v) is 3.43. The van der Waals surface area contributed by atoms with Gasteiger partial charge in [-0.3, -0.25) is 4.90 Å². The molecule has 1 unspecified atom stereocenters. The Kier molecular flexibility index (Phi) is 4.63. The Morgan fingerprint density at radius 1 is 1.23 bits per heavy atom. The normalized spacial score (nSPS) is 19.5. The molecule has 1 aliphatic heterocycles. The number of hydrogen-bond acceptors (Lipinski definition) is 3. The number of benzene rings is 1. The highest BCUT2D eigenvalue weighted by Gasteiger charge is 2.23. The summed E-state index contributed by atoms with van der Waals surface area (Å²) in [4.78, 5) is 7.37. The zero-order valence-corrected chi connectivity index (χ0v) is 13.9. The number of nitrogens with zero attached hydrogens (tertiary/aromatic N) is 2. The lowest BCUT2D eigenvalue weighted by molar-refractivity contribution is 0.134. The van der Waals surface area contributed by atoms with Gasteiger partial charge in [0, 0.05) is 18.2 Å². The van der Waals surface area contributed by atoms with E-state index in [9.17, 15) is 0 Å². The lowest BCUT2D eigenvalue weighted by Crippen LogP contribution is -2.38. The molecule has 1 aliphatic rings. The van der Waals surface area contributed by atoms with Gasteiger partial charge in [0.25, 0.3) is 0 Å². The van der Waals surface area contributed by atoms with E-state index in [1.165, 1.54) is 37.8 Å². The molecule has 0 radical (unpaired) electrons. The van der Waals surface area contributed by atoms with Crippen molar-refractivity contribution in [2.45, 2.75) is 59.0 Å². The average Bonchev–Trinajstić information content (AvgIpc) is 2.89. The van der Waals surface area contributed by atoms with E-state index in [4.69, 9.17) is 9.40 Å². The molecule has 1 atom stereocenters. The van der Waals surface area contributed by atoms with Crippen LogP contribution >= 0.6 is 0 Å². The van der Waals surface area contributed by atoms with Gasteiger partial charge in [0.15, 0.2) is 0 Å². The van der Waals surface area contributed by atoms with Crippen LogP contribution in [0, 0.1) is 13.8 Å². The summed E-state index contributed by atoms with van der Waals surface area (Å²) in [5.41, 5.74) is 3.40. The Balaban J connectivity index is 1.82. The van der Waals surface area contributed by atoms with Crippen molar-refractivity contribution in [1.29, 1.82) is 0 Å². The minimum absolute atomic E-state index is 0.701. The van der Waals surface area contributed by atoms with Gasteiger partial charge in [-0.25, -0.2) is 4.98 Å². The first-order valence-corrected chi connectivity index (χ1v) is 8.45. The molecular weight excluding hydrogens is 272 g/mol. The molecule has 0 N–H and O–H groups in total. The van der Waals surface area contributed by atoms with Crippen LogP contribution in [0.5, 0.6) is 0 Å². The molecule has 0 bridgehead atoms. The summed E-state index contributed by atoms with van der Waals surface area (Å²) in [5.74, 6) is 1.72. The quantitative estimate of drug-likeness (QED) is 0.817. The monoisotopic (exact) mass is 298 g/mol. The van der Waals surface area contributed by atoms with Crippen LogP contribution in [-0.4, -0.2) is 22.5 Å². The van der Waals surface area contributed by atoms with Gasteiger partial charge in [0.1, 0.15) is 5.76 Å². The van der Waals surface area contributed by atoms with Crippen LogP contribution in [0.2, 0.25) is 0 Å². The number of oxazole rings is 1. The van der Waals surface area contributed by atoms with Gasteiger partial charge >= 0.3 is 0 Å². The van der Waals surface area contributed by atoms with Crippen molar-refractivity contribution in [2.75, 3.05) is 6.54 Å². The van der Waals surface area contributed by atoms with Crippen LogP contribution in [0.15, 0.2) is 28.7 Å². The largest absolute Gasteiger partial charge is 0.441 e. The standard InChI is InChI=1S/C19H26N2O/c1-4-16-10-7-8-12-21(16)13-18-15(3)22-19(20-18)17-11-6-5-9-14(17)2/h5-6,9,11,16H,4,7-8,10,12-13H2,1-3H3. The maximum absolute atomic E-state index is 5.95. The van der Waals surface area contributed by atoms with E-state index in [2.05, 4.69) is 36.9 Å². The molecule has 0 saturated carbocycles. The van der Waals surface area contributed by atoms with Crippen molar-refractivity contribution < 1.29 is 4.42 Å². The van der Waals surface area contributed by atoms with Crippen molar-refractivity contribution in [3.8, 4) is 11.5 Å². The third kappa shape index (κ3) is 3.09. The SMILES string of the molecule is CCC1CCCCN1Cc1nc(-c2ccccc2C)oc1C. The molecule has 118 valence electrons. The smallest absolute Gasteiger partial charge is 0.226 e. The third-order valence-electron chi connectivity index (χ3n) is 4.84. The highest BCUT2D eigenvalue weighted by molar-refractivity contribution is 5.58. The number of aryl methyl sites for hydroxylation is 2. The predicted octanol–water partition coefficient (Wildman–Crippen LogP) is 4.72. The molecule has 2 heterocycles. The Bertz CT molecular complexity index is 632. The van der Waals surface area contributed by atoms with E-state index in [1.54, 1.807) is 0 Å². The molecule has 2 aromatic rings. The molecule has 3 rings (SSSR count). The summed E-state index contributed by atoms with van der Waals surface area (Å²) in [6.07, 6.45) is 5.21. The van der Waals surface area contributed by atoms with Gasteiger partial charge in [-0.15, -0.1) is 0 Å². The Labute approximate surface area is 133 Å². The van der Waals surface area contributed by atoms with E-state index in [-0.39, 0.29) is 0 Å². The number of piperidine rings is 1. The minimum Gasteiger partial charge on any atom is -0.441 e. The molecule has 3 heteroatoms. The van der Waals surface area contributed by atoms with E-state index >= 15 is 0 Å². The second-order valence-corrected chi connectivity index (χ2v) is 6.37.